The highest BCUT2D eigenvalue weighted by Gasteiger charge is 2.34. The molecule has 0 spiro atoms. The maximum absolute atomic E-state index is 14.7. The Morgan fingerprint density at radius 1 is 1.00 bits per heavy atom. The molecule has 11 heteroatoms. The van der Waals surface area contributed by atoms with Crippen LogP contribution >= 0.6 is 11.6 Å². The zero-order chi connectivity index (χ0) is 30.7. The zero-order valence-corrected chi connectivity index (χ0v) is 24.9. The van der Waals surface area contributed by atoms with E-state index in [2.05, 4.69) is 10.3 Å². The van der Waals surface area contributed by atoms with Gasteiger partial charge in [0.1, 0.15) is 0 Å². The molecule has 2 heterocycles. The lowest BCUT2D eigenvalue weighted by molar-refractivity contribution is -0.129. The first-order valence-corrected chi connectivity index (χ1v) is 14.5. The second kappa shape index (κ2) is 12.8. The van der Waals surface area contributed by atoms with E-state index in [1.165, 1.54) is 16.7 Å². The van der Waals surface area contributed by atoms with Gasteiger partial charge in [-0.15, -0.1) is 0 Å². The van der Waals surface area contributed by atoms with Gasteiger partial charge in [0.05, 0.1) is 18.7 Å². The van der Waals surface area contributed by atoms with Crippen LogP contribution in [0, 0.1) is 11.7 Å². The quantitative estimate of drug-likeness (QED) is 0.260. The summed E-state index contributed by atoms with van der Waals surface area (Å²) in [6.07, 6.45) is 0.000494. The van der Waals surface area contributed by atoms with Crippen molar-refractivity contribution in [3.63, 3.8) is 0 Å². The van der Waals surface area contributed by atoms with E-state index in [1.54, 1.807) is 49.1 Å². The van der Waals surface area contributed by atoms with Crippen LogP contribution in [0.15, 0.2) is 82.4 Å². The highest BCUT2D eigenvalue weighted by Crippen LogP contribution is 2.29. The fourth-order valence-electron chi connectivity index (χ4n) is 5.23. The summed E-state index contributed by atoms with van der Waals surface area (Å²) in [5.41, 5.74) is 0.680. The lowest BCUT2D eigenvalue weighted by Gasteiger charge is -2.25. The average molecular weight is 606 g/mol. The molecular formula is C32H33ClFN5O4. The molecule has 0 saturated carbocycles. The second-order valence-electron chi connectivity index (χ2n) is 11.0. The number of likely N-dealkylation sites (tertiary alicyclic amines) is 1. The van der Waals surface area contributed by atoms with Crippen LogP contribution in [0.25, 0.3) is 0 Å². The van der Waals surface area contributed by atoms with Crippen molar-refractivity contribution < 1.29 is 13.9 Å². The molecule has 0 radical (unpaired) electrons. The largest absolute Gasteiger partial charge is 0.488 e. The minimum absolute atomic E-state index is 0.0329. The summed E-state index contributed by atoms with van der Waals surface area (Å²) in [6.45, 7) is 6.07. The van der Waals surface area contributed by atoms with Gasteiger partial charge in [-0.3, -0.25) is 9.36 Å². The number of hydrogen-bond acceptors (Lipinski definition) is 6. The van der Waals surface area contributed by atoms with Gasteiger partial charge in [-0.2, -0.15) is 4.98 Å². The summed E-state index contributed by atoms with van der Waals surface area (Å²) in [5.74, 6) is -0.840. The SMILES string of the molecule is CC(C)Oc1ccc(Nc2nc(=O)n(C[C@@H]3CC(=O)N([C@H](C)c4ccccc4)C3)c(=O)n2Cc2ccc(Cl)cc2)cc1F. The van der Waals surface area contributed by atoms with Crippen LogP contribution in [-0.2, 0) is 17.9 Å². The minimum Gasteiger partial charge on any atom is -0.488 e. The summed E-state index contributed by atoms with van der Waals surface area (Å²) in [4.78, 5) is 46.0. The fraction of sp³-hybridized carbons (Fsp3) is 0.312. The van der Waals surface area contributed by atoms with E-state index >= 15 is 0 Å². The number of aromatic nitrogens is 3. The molecule has 1 fully saturated rings. The minimum atomic E-state index is -0.762. The number of nitrogens with zero attached hydrogens (tertiary/aromatic N) is 4. The maximum atomic E-state index is 14.7. The van der Waals surface area contributed by atoms with Crippen molar-refractivity contribution in [2.45, 2.75) is 52.4 Å². The third-order valence-corrected chi connectivity index (χ3v) is 7.64. The van der Waals surface area contributed by atoms with E-state index in [0.29, 0.717) is 11.6 Å². The Morgan fingerprint density at radius 2 is 1.72 bits per heavy atom. The van der Waals surface area contributed by atoms with Crippen molar-refractivity contribution in [3.8, 4) is 5.75 Å². The Hall–Kier alpha value is -4.44. The van der Waals surface area contributed by atoms with Gasteiger partial charge >= 0.3 is 11.4 Å². The Labute approximate surface area is 253 Å². The molecule has 3 aromatic carbocycles. The van der Waals surface area contributed by atoms with Gasteiger partial charge in [0, 0.05) is 42.2 Å². The van der Waals surface area contributed by atoms with E-state index in [-0.39, 0.29) is 60.9 Å². The summed E-state index contributed by atoms with van der Waals surface area (Å²) in [7, 11) is 0. The molecule has 2 atom stereocenters. The summed E-state index contributed by atoms with van der Waals surface area (Å²) < 4.78 is 22.6. The van der Waals surface area contributed by atoms with Crippen molar-refractivity contribution in [1.29, 1.82) is 0 Å². The van der Waals surface area contributed by atoms with Crippen LogP contribution in [0.2, 0.25) is 5.02 Å². The van der Waals surface area contributed by atoms with Crippen LogP contribution in [0.1, 0.15) is 44.4 Å². The molecule has 0 unspecified atom stereocenters. The number of hydrogen-bond donors (Lipinski definition) is 1. The smallest absolute Gasteiger partial charge is 0.354 e. The highest BCUT2D eigenvalue weighted by atomic mass is 35.5. The number of ether oxygens (including phenoxy) is 1. The molecule has 1 amide bonds. The highest BCUT2D eigenvalue weighted by molar-refractivity contribution is 6.30. The number of amides is 1. The van der Waals surface area contributed by atoms with E-state index in [4.69, 9.17) is 16.3 Å². The van der Waals surface area contributed by atoms with Crippen molar-refractivity contribution in [2.24, 2.45) is 5.92 Å². The molecular weight excluding hydrogens is 573 g/mol. The Bertz CT molecular complexity index is 1720. The molecule has 1 aliphatic heterocycles. The van der Waals surface area contributed by atoms with Gasteiger partial charge in [0.25, 0.3) is 0 Å². The Morgan fingerprint density at radius 3 is 2.40 bits per heavy atom. The third-order valence-electron chi connectivity index (χ3n) is 7.38. The van der Waals surface area contributed by atoms with Gasteiger partial charge in [0.2, 0.25) is 11.9 Å². The van der Waals surface area contributed by atoms with Crippen LogP contribution in [-0.4, -0.2) is 37.6 Å². The van der Waals surface area contributed by atoms with Crippen LogP contribution < -0.4 is 21.4 Å². The lowest BCUT2D eigenvalue weighted by Crippen LogP contribution is -2.44. The van der Waals surface area contributed by atoms with Crippen molar-refractivity contribution >= 4 is 29.1 Å². The van der Waals surface area contributed by atoms with Gasteiger partial charge in [-0.05, 0) is 56.2 Å². The number of rotatable bonds is 10. The number of benzene rings is 3. The fourth-order valence-corrected chi connectivity index (χ4v) is 5.35. The monoisotopic (exact) mass is 605 g/mol. The first-order chi connectivity index (χ1) is 20.6. The van der Waals surface area contributed by atoms with Crippen molar-refractivity contribution in [2.75, 3.05) is 11.9 Å². The zero-order valence-electron chi connectivity index (χ0n) is 24.2. The molecule has 224 valence electrons. The van der Waals surface area contributed by atoms with Crippen molar-refractivity contribution in [3.05, 3.63) is 116 Å². The summed E-state index contributed by atoms with van der Waals surface area (Å²) >= 11 is 6.05. The lowest BCUT2D eigenvalue weighted by atomic mass is 10.1. The number of nitrogens with one attached hydrogen (secondary N) is 1. The topological polar surface area (TPSA) is 98.5 Å². The molecule has 1 N–H and O–H groups in total. The van der Waals surface area contributed by atoms with Gasteiger partial charge in [0.15, 0.2) is 11.6 Å². The maximum Gasteiger partial charge on any atom is 0.354 e. The standard InChI is InChI=1S/C32H33ClFN5O4/c1-20(2)43-28-14-13-26(16-27(28)34)35-30-36-31(41)39(32(42)38(30)17-22-9-11-25(33)12-10-22)19-23-15-29(40)37(18-23)21(3)24-7-5-4-6-8-24/h4-14,16,20-21,23H,15,17-19H2,1-3H3,(H,35,36,41)/t21-,23-/m1/s1. The van der Waals surface area contributed by atoms with Gasteiger partial charge in [-0.25, -0.2) is 18.5 Å². The van der Waals surface area contributed by atoms with Crippen LogP contribution in [0.5, 0.6) is 5.75 Å². The van der Waals surface area contributed by atoms with Gasteiger partial charge in [-0.1, -0.05) is 54.1 Å². The molecule has 9 nitrogen and oxygen atoms in total. The molecule has 1 aliphatic rings. The molecule has 4 aromatic rings. The summed E-state index contributed by atoms with van der Waals surface area (Å²) in [6, 6.07) is 20.8. The molecule has 5 rings (SSSR count). The number of carbonyl (C=O) groups excluding carboxylic acids is 1. The Balaban J connectivity index is 1.45. The first kappa shape index (κ1) is 30.0. The van der Waals surface area contributed by atoms with Crippen molar-refractivity contribution in [1.82, 2.24) is 19.0 Å². The molecule has 1 aromatic heterocycles. The van der Waals surface area contributed by atoms with E-state index in [9.17, 15) is 18.8 Å². The molecule has 0 aliphatic carbocycles. The van der Waals surface area contributed by atoms with Crippen LogP contribution in [0.4, 0.5) is 16.0 Å². The average Bonchev–Trinajstić information content (AvgIpc) is 3.35. The van der Waals surface area contributed by atoms with Crippen LogP contribution in [0.3, 0.4) is 0 Å². The van der Waals surface area contributed by atoms with E-state index < -0.39 is 17.2 Å². The van der Waals surface area contributed by atoms with E-state index in [0.717, 1.165) is 15.7 Å². The normalized spacial score (nSPS) is 15.6. The number of anilines is 2. The molecule has 0 bridgehead atoms. The number of halogens is 2. The third kappa shape index (κ3) is 6.97. The van der Waals surface area contributed by atoms with Gasteiger partial charge < -0.3 is 15.0 Å². The second-order valence-corrected chi connectivity index (χ2v) is 11.4. The Kier molecular flexibility index (Phi) is 8.96. The first-order valence-electron chi connectivity index (χ1n) is 14.1. The molecule has 43 heavy (non-hydrogen) atoms. The number of carbonyl (C=O) groups is 1. The molecule has 1 saturated heterocycles. The summed E-state index contributed by atoms with van der Waals surface area (Å²) in [5, 5.41) is 3.47. The predicted octanol–water partition coefficient (Wildman–Crippen LogP) is 5.39. The predicted molar refractivity (Wildman–Crippen MR) is 163 cm³/mol. The van der Waals surface area contributed by atoms with E-state index in [1.807, 2.05) is 37.3 Å².